The van der Waals surface area contributed by atoms with Crippen molar-refractivity contribution in [2.24, 2.45) is 0 Å². The van der Waals surface area contributed by atoms with Gasteiger partial charge in [0.05, 0.1) is 21.8 Å². The van der Waals surface area contributed by atoms with E-state index < -0.39 is 35.8 Å². The first-order chi connectivity index (χ1) is 17.5. The maximum atomic E-state index is 13.3. The molecule has 0 atom stereocenters. The minimum atomic E-state index is -4.60. The van der Waals surface area contributed by atoms with Crippen LogP contribution in [0.25, 0.3) is 10.7 Å². The van der Waals surface area contributed by atoms with E-state index in [1.807, 2.05) is 0 Å². The van der Waals surface area contributed by atoms with Gasteiger partial charge in [0, 0.05) is 24.5 Å². The third-order valence-electron chi connectivity index (χ3n) is 4.89. The molecule has 14 heteroatoms. The van der Waals surface area contributed by atoms with Gasteiger partial charge in [-0.3, -0.25) is 19.6 Å². The molecule has 2 amide bonds. The van der Waals surface area contributed by atoms with Crippen LogP contribution >= 0.6 is 34.5 Å². The molecule has 190 valence electrons. The Kier molecular flexibility index (Phi) is 7.62. The van der Waals surface area contributed by atoms with E-state index in [2.05, 4.69) is 25.6 Å². The minimum absolute atomic E-state index is 0.00687. The number of carbonyl (C=O) groups is 2. The highest BCUT2D eigenvalue weighted by Crippen LogP contribution is 2.35. The number of amides is 2. The average molecular weight is 568 g/mol. The summed E-state index contributed by atoms with van der Waals surface area (Å²) in [5, 5.41) is 14.6. The zero-order valence-corrected chi connectivity index (χ0v) is 20.6. The number of anilines is 1. The second kappa shape index (κ2) is 10.7. The van der Waals surface area contributed by atoms with Crippen molar-refractivity contribution in [2.75, 3.05) is 5.32 Å². The Morgan fingerprint density at radius 1 is 1.05 bits per heavy atom. The number of aromatic nitrogens is 3. The topological polar surface area (TPSA) is 117 Å². The molecule has 0 fully saturated rings. The fourth-order valence-electron chi connectivity index (χ4n) is 3.16. The predicted octanol–water partition coefficient (Wildman–Crippen LogP) is 5.81. The summed E-state index contributed by atoms with van der Waals surface area (Å²) < 4.78 is 40.0. The smallest absolute Gasteiger partial charge is 0.416 e. The van der Waals surface area contributed by atoms with Crippen molar-refractivity contribution in [3.05, 3.63) is 87.4 Å². The van der Waals surface area contributed by atoms with E-state index in [0.717, 1.165) is 17.4 Å². The molecule has 0 radical (unpaired) electrons. The van der Waals surface area contributed by atoms with Gasteiger partial charge in [-0.1, -0.05) is 52.7 Å². The van der Waals surface area contributed by atoms with Gasteiger partial charge in [-0.25, -0.2) is 4.98 Å². The van der Waals surface area contributed by atoms with E-state index in [1.165, 1.54) is 48.9 Å². The number of nitrogens with zero attached hydrogens (tertiary/aromatic N) is 3. The van der Waals surface area contributed by atoms with Crippen molar-refractivity contribution < 1.29 is 27.9 Å². The SMILES string of the molecule is O=C(Nc1sc(-c2cnccn2)nc1C(=O)NCc1ccccc1C(F)(F)F)c1cc(Cl)c(O)c(Cl)c1. The Morgan fingerprint density at radius 2 is 1.76 bits per heavy atom. The van der Waals surface area contributed by atoms with Crippen LogP contribution in [0.1, 0.15) is 32.0 Å². The highest BCUT2D eigenvalue weighted by molar-refractivity contribution is 7.19. The fraction of sp³-hybridized carbons (Fsp3) is 0.0870. The van der Waals surface area contributed by atoms with Crippen LogP contribution < -0.4 is 10.6 Å². The van der Waals surface area contributed by atoms with Crippen molar-refractivity contribution >= 4 is 51.4 Å². The number of rotatable bonds is 6. The Bertz CT molecular complexity index is 1460. The van der Waals surface area contributed by atoms with Crippen LogP contribution in [0.5, 0.6) is 5.75 Å². The van der Waals surface area contributed by atoms with Crippen molar-refractivity contribution in [3.8, 4) is 16.5 Å². The van der Waals surface area contributed by atoms with E-state index in [-0.39, 0.29) is 36.9 Å². The number of hydrogen-bond donors (Lipinski definition) is 3. The van der Waals surface area contributed by atoms with Crippen LogP contribution in [0.2, 0.25) is 10.0 Å². The largest absolute Gasteiger partial charge is 0.505 e. The van der Waals surface area contributed by atoms with E-state index in [1.54, 1.807) is 0 Å². The van der Waals surface area contributed by atoms with Gasteiger partial charge in [-0.05, 0) is 23.8 Å². The number of aromatic hydroxyl groups is 1. The van der Waals surface area contributed by atoms with Crippen molar-refractivity contribution in [2.45, 2.75) is 12.7 Å². The van der Waals surface area contributed by atoms with Crippen LogP contribution in [0.15, 0.2) is 55.0 Å². The lowest BCUT2D eigenvalue weighted by Gasteiger charge is -2.13. The second-order valence-corrected chi connectivity index (χ2v) is 9.18. The van der Waals surface area contributed by atoms with Crippen LogP contribution in [-0.2, 0) is 12.7 Å². The van der Waals surface area contributed by atoms with Crippen LogP contribution in [0.4, 0.5) is 18.2 Å². The molecule has 0 unspecified atom stereocenters. The zero-order chi connectivity index (χ0) is 26.7. The first kappa shape index (κ1) is 26.3. The summed E-state index contributed by atoms with van der Waals surface area (Å²) in [6.45, 7) is -0.441. The maximum Gasteiger partial charge on any atom is 0.416 e. The molecule has 0 bridgehead atoms. The molecule has 37 heavy (non-hydrogen) atoms. The number of phenolic OH excluding ortho intramolecular Hbond substituents is 1. The molecule has 0 aliphatic heterocycles. The van der Waals surface area contributed by atoms with Gasteiger partial charge in [-0.2, -0.15) is 13.2 Å². The maximum absolute atomic E-state index is 13.3. The molecular weight excluding hydrogens is 554 g/mol. The number of alkyl halides is 3. The molecule has 2 aromatic heterocycles. The predicted molar refractivity (Wildman–Crippen MR) is 132 cm³/mol. The van der Waals surface area contributed by atoms with Gasteiger partial charge in [-0.15, -0.1) is 0 Å². The standard InChI is InChI=1S/C23H14Cl2F3N5O3S/c24-14-7-12(8-15(25)18(14)34)19(35)33-22-17(32-21(37-22)16-10-29-5-6-30-16)20(36)31-9-11-3-1-2-4-13(11)23(26,27)28/h1-8,10,34H,9H2,(H,31,36)(H,33,35). The van der Waals surface area contributed by atoms with E-state index in [9.17, 15) is 27.9 Å². The number of thiazole rings is 1. The van der Waals surface area contributed by atoms with Gasteiger partial charge in [0.25, 0.3) is 11.8 Å². The Balaban J connectivity index is 1.64. The number of nitrogens with one attached hydrogen (secondary N) is 2. The molecule has 0 aliphatic rings. The van der Waals surface area contributed by atoms with Gasteiger partial charge in [0.1, 0.15) is 15.7 Å². The number of benzene rings is 2. The summed E-state index contributed by atoms with van der Waals surface area (Å²) in [4.78, 5) is 38.2. The van der Waals surface area contributed by atoms with Crippen molar-refractivity contribution in [1.82, 2.24) is 20.3 Å². The quantitative estimate of drug-likeness (QED) is 0.270. The van der Waals surface area contributed by atoms with Crippen LogP contribution in [0.3, 0.4) is 0 Å². The first-order valence-electron chi connectivity index (χ1n) is 10.2. The second-order valence-electron chi connectivity index (χ2n) is 7.37. The molecule has 2 aromatic carbocycles. The van der Waals surface area contributed by atoms with E-state index in [4.69, 9.17) is 23.2 Å². The number of carbonyl (C=O) groups excluding carboxylic acids is 2. The monoisotopic (exact) mass is 567 g/mol. The molecule has 2 heterocycles. The summed E-state index contributed by atoms with van der Waals surface area (Å²) in [6, 6.07) is 7.18. The third kappa shape index (κ3) is 5.98. The number of phenols is 1. The molecule has 0 saturated carbocycles. The molecule has 8 nitrogen and oxygen atoms in total. The average Bonchev–Trinajstić information content (AvgIpc) is 3.29. The highest BCUT2D eigenvalue weighted by atomic mass is 35.5. The van der Waals surface area contributed by atoms with Crippen molar-refractivity contribution in [3.63, 3.8) is 0 Å². The molecule has 0 saturated heterocycles. The number of hydrogen-bond acceptors (Lipinski definition) is 7. The minimum Gasteiger partial charge on any atom is -0.505 e. The number of halogens is 5. The van der Waals surface area contributed by atoms with Crippen LogP contribution in [0, 0.1) is 0 Å². The molecular formula is C23H14Cl2F3N5O3S. The Morgan fingerprint density at radius 3 is 2.41 bits per heavy atom. The summed E-state index contributed by atoms with van der Waals surface area (Å²) >= 11 is 12.7. The van der Waals surface area contributed by atoms with Gasteiger partial charge >= 0.3 is 6.18 Å². The molecule has 0 aliphatic carbocycles. The van der Waals surface area contributed by atoms with Gasteiger partial charge in [0.15, 0.2) is 11.4 Å². The lowest BCUT2D eigenvalue weighted by atomic mass is 10.1. The highest BCUT2D eigenvalue weighted by Gasteiger charge is 2.33. The summed E-state index contributed by atoms with van der Waals surface area (Å²) in [7, 11) is 0. The molecule has 4 rings (SSSR count). The molecule has 0 spiro atoms. The van der Waals surface area contributed by atoms with E-state index in [0.29, 0.717) is 5.69 Å². The summed E-state index contributed by atoms with van der Waals surface area (Å²) in [5.74, 6) is -1.96. The Hall–Kier alpha value is -3.74. The fourth-order valence-corrected chi connectivity index (χ4v) is 4.57. The normalized spacial score (nSPS) is 11.3. The summed E-state index contributed by atoms with van der Waals surface area (Å²) in [6.07, 6.45) is -0.370. The zero-order valence-electron chi connectivity index (χ0n) is 18.3. The summed E-state index contributed by atoms with van der Waals surface area (Å²) in [5.41, 5.74) is -0.998. The van der Waals surface area contributed by atoms with Gasteiger partial charge in [0.2, 0.25) is 0 Å². The Labute approximate surface area is 221 Å². The lowest BCUT2D eigenvalue weighted by Crippen LogP contribution is -2.26. The third-order valence-corrected chi connectivity index (χ3v) is 6.46. The van der Waals surface area contributed by atoms with Gasteiger partial charge < -0.3 is 15.7 Å². The van der Waals surface area contributed by atoms with Crippen molar-refractivity contribution in [1.29, 1.82) is 0 Å². The lowest BCUT2D eigenvalue weighted by molar-refractivity contribution is -0.138. The molecule has 3 N–H and O–H groups in total. The van der Waals surface area contributed by atoms with Crippen LogP contribution in [-0.4, -0.2) is 31.9 Å². The molecule has 4 aromatic rings. The first-order valence-corrected chi connectivity index (χ1v) is 11.8. The van der Waals surface area contributed by atoms with E-state index >= 15 is 0 Å².